The third-order valence-electron chi connectivity index (χ3n) is 9.73. The summed E-state index contributed by atoms with van der Waals surface area (Å²) in [5.41, 5.74) is 0.813. The Bertz CT molecular complexity index is 541. The zero-order valence-electron chi connectivity index (χ0n) is 19.3. The van der Waals surface area contributed by atoms with Gasteiger partial charge in [-0.25, -0.2) is 0 Å². The zero-order valence-corrected chi connectivity index (χ0v) is 19.3. The van der Waals surface area contributed by atoms with Crippen LogP contribution in [0.4, 0.5) is 0 Å². The Morgan fingerprint density at radius 1 is 1.00 bits per heavy atom. The standard InChI is InChI=1S/C26H46O2/c1-18(2)8-6-9-19(3)21-11-12-23-20-10-7-15-25(4,16-14-24(27)28)22(20)13-17-26(21,23)5/h18-23H,6-17H2,1-5H3,(H,27,28)/t19-,20+,21-,22-,23+,25+,26-/m1/s1. The molecule has 0 aromatic carbocycles. The predicted octanol–water partition coefficient (Wildman–Crippen LogP) is 7.56. The normalized spacial score (nSPS) is 41.5. The molecule has 0 aliphatic heterocycles. The number of carboxylic acid groups (broad SMARTS) is 1. The molecule has 2 nitrogen and oxygen atoms in total. The topological polar surface area (TPSA) is 37.3 Å². The SMILES string of the molecule is CC(C)CCC[C@@H](C)[C@H]1CC[C@H]2[C@H]3CCC[C@@](C)(CCC(=O)O)[C@@H]3CC[C@]12C. The Morgan fingerprint density at radius 2 is 1.75 bits per heavy atom. The minimum atomic E-state index is -0.611. The van der Waals surface area contributed by atoms with E-state index in [-0.39, 0.29) is 5.41 Å². The van der Waals surface area contributed by atoms with Gasteiger partial charge in [0.15, 0.2) is 0 Å². The Balaban J connectivity index is 1.68. The van der Waals surface area contributed by atoms with E-state index in [4.69, 9.17) is 0 Å². The van der Waals surface area contributed by atoms with Crippen LogP contribution in [0.15, 0.2) is 0 Å². The van der Waals surface area contributed by atoms with Gasteiger partial charge in [-0.05, 0) is 91.3 Å². The summed E-state index contributed by atoms with van der Waals surface area (Å²) in [7, 11) is 0. The maximum absolute atomic E-state index is 11.2. The van der Waals surface area contributed by atoms with Crippen molar-refractivity contribution >= 4 is 5.97 Å². The molecule has 3 aliphatic rings. The van der Waals surface area contributed by atoms with Gasteiger partial charge in [-0.1, -0.05) is 60.3 Å². The van der Waals surface area contributed by atoms with E-state index in [0.717, 1.165) is 41.9 Å². The number of aliphatic carboxylic acids is 1. The van der Waals surface area contributed by atoms with Crippen molar-refractivity contribution in [1.82, 2.24) is 0 Å². The van der Waals surface area contributed by atoms with Gasteiger partial charge in [-0.3, -0.25) is 4.79 Å². The largest absolute Gasteiger partial charge is 0.481 e. The lowest BCUT2D eigenvalue weighted by Gasteiger charge is -2.57. The molecule has 0 amide bonds. The molecule has 7 atom stereocenters. The van der Waals surface area contributed by atoms with Crippen LogP contribution in [0.1, 0.15) is 112 Å². The molecule has 0 heterocycles. The summed E-state index contributed by atoms with van der Waals surface area (Å²) in [6.45, 7) is 12.3. The van der Waals surface area contributed by atoms with Crippen molar-refractivity contribution < 1.29 is 9.90 Å². The van der Waals surface area contributed by atoms with Gasteiger partial charge in [-0.2, -0.15) is 0 Å². The third-order valence-corrected chi connectivity index (χ3v) is 9.73. The van der Waals surface area contributed by atoms with Gasteiger partial charge in [-0.15, -0.1) is 0 Å². The summed E-state index contributed by atoms with van der Waals surface area (Å²) in [5, 5.41) is 9.25. The lowest BCUT2D eigenvalue weighted by atomic mass is 9.48. The number of carbonyl (C=O) groups is 1. The number of hydrogen-bond donors (Lipinski definition) is 1. The van der Waals surface area contributed by atoms with Gasteiger partial charge in [0.2, 0.25) is 0 Å². The zero-order chi connectivity index (χ0) is 20.5. The molecule has 0 spiro atoms. The van der Waals surface area contributed by atoms with Gasteiger partial charge >= 0.3 is 5.97 Å². The van der Waals surface area contributed by atoms with Crippen molar-refractivity contribution in [3.8, 4) is 0 Å². The second kappa shape index (κ2) is 8.68. The maximum atomic E-state index is 11.2. The minimum Gasteiger partial charge on any atom is -0.481 e. The number of carboxylic acids is 1. The third kappa shape index (κ3) is 4.31. The van der Waals surface area contributed by atoms with Crippen molar-refractivity contribution in [2.24, 2.45) is 46.3 Å². The van der Waals surface area contributed by atoms with Gasteiger partial charge < -0.3 is 5.11 Å². The van der Waals surface area contributed by atoms with E-state index in [1.807, 2.05) is 0 Å². The molecular formula is C26H46O2. The van der Waals surface area contributed by atoms with Gasteiger partial charge in [0.1, 0.15) is 0 Å². The fourth-order valence-corrected chi connectivity index (χ4v) is 8.21. The molecule has 0 aromatic heterocycles. The summed E-state index contributed by atoms with van der Waals surface area (Å²) in [6, 6.07) is 0. The molecule has 3 aliphatic carbocycles. The smallest absolute Gasteiger partial charge is 0.303 e. The molecule has 0 radical (unpaired) electrons. The summed E-state index contributed by atoms with van der Waals surface area (Å²) < 4.78 is 0. The first kappa shape index (κ1) is 22.2. The van der Waals surface area contributed by atoms with Crippen molar-refractivity contribution in [2.45, 2.75) is 112 Å². The molecule has 2 heteroatoms. The van der Waals surface area contributed by atoms with Crippen LogP contribution in [-0.2, 0) is 4.79 Å². The van der Waals surface area contributed by atoms with Crippen molar-refractivity contribution in [1.29, 1.82) is 0 Å². The van der Waals surface area contributed by atoms with E-state index < -0.39 is 5.97 Å². The van der Waals surface area contributed by atoms with Crippen molar-refractivity contribution in [2.75, 3.05) is 0 Å². The first-order valence-corrected chi connectivity index (χ1v) is 12.4. The molecule has 0 bridgehead atoms. The fourth-order valence-electron chi connectivity index (χ4n) is 8.21. The first-order valence-electron chi connectivity index (χ1n) is 12.4. The van der Waals surface area contributed by atoms with Crippen LogP contribution in [0, 0.1) is 46.3 Å². The monoisotopic (exact) mass is 390 g/mol. The van der Waals surface area contributed by atoms with Gasteiger partial charge in [0.25, 0.3) is 0 Å². The lowest BCUT2D eigenvalue weighted by Crippen LogP contribution is -2.49. The second-order valence-electron chi connectivity index (χ2n) is 11.8. The van der Waals surface area contributed by atoms with E-state index >= 15 is 0 Å². The lowest BCUT2D eigenvalue weighted by molar-refractivity contribution is -0.139. The van der Waals surface area contributed by atoms with E-state index in [0.29, 0.717) is 11.8 Å². The Hall–Kier alpha value is -0.530. The summed E-state index contributed by atoms with van der Waals surface area (Å²) >= 11 is 0. The highest BCUT2D eigenvalue weighted by molar-refractivity contribution is 5.66. The molecular weight excluding hydrogens is 344 g/mol. The summed E-state index contributed by atoms with van der Waals surface area (Å²) in [5.74, 6) is 4.53. The summed E-state index contributed by atoms with van der Waals surface area (Å²) in [4.78, 5) is 11.2. The number of fused-ring (bicyclic) bond motifs is 3. The first-order chi connectivity index (χ1) is 13.2. The summed E-state index contributed by atoms with van der Waals surface area (Å²) in [6.07, 6.45) is 15.0. The number of rotatable bonds is 8. The quantitative estimate of drug-likeness (QED) is 0.464. The molecule has 162 valence electrons. The van der Waals surface area contributed by atoms with Crippen LogP contribution < -0.4 is 0 Å². The highest BCUT2D eigenvalue weighted by Crippen LogP contribution is 2.66. The maximum Gasteiger partial charge on any atom is 0.303 e. The molecule has 0 saturated heterocycles. The van der Waals surface area contributed by atoms with Crippen LogP contribution in [0.5, 0.6) is 0 Å². The number of hydrogen-bond acceptors (Lipinski definition) is 1. The highest BCUT2D eigenvalue weighted by Gasteiger charge is 2.58. The van der Waals surface area contributed by atoms with Crippen LogP contribution in [0.2, 0.25) is 0 Å². The van der Waals surface area contributed by atoms with Gasteiger partial charge in [0, 0.05) is 6.42 Å². The predicted molar refractivity (Wildman–Crippen MR) is 117 cm³/mol. The van der Waals surface area contributed by atoms with Crippen LogP contribution in [0.3, 0.4) is 0 Å². The second-order valence-corrected chi connectivity index (χ2v) is 11.8. The average Bonchev–Trinajstić information content (AvgIpc) is 2.97. The average molecular weight is 391 g/mol. The molecule has 0 aromatic rings. The molecule has 28 heavy (non-hydrogen) atoms. The fraction of sp³-hybridized carbons (Fsp3) is 0.962. The molecule has 0 unspecified atom stereocenters. The van der Waals surface area contributed by atoms with Crippen LogP contribution in [0.25, 0.3) is 0 Å². The van der Waals surface area contributed by atoms with Crippen molar-refractivity contribution in [3.63, 3.8) is 0 Å². The van der Waals surface area contributed by atoms with Crippen molar-refractivity contribution in [3.05, 3.63) is 0 Å². The van der Waals surface area contributed by atoms with E-state index in [1.165, 1.54) is 64.2 Å². The van der Waals surface area contributed by atoms with Crippen LogP contribution in [-0.4, -0.2) is 11.1 Å². The molecule has 3 fully saturated rings. The molecule has 1 N–H and O–H groups in total. The van der Waals surface area contributed by atoms with E-state index in [2.05, 4.69) is 34.6 Å². The Kier molecular flexibility index (Phi) is 6.87. The highest BCUT2D eigenvalue weighted by atomic mass is 16.4. The minimum absolute atomic E-state index is 0.267. The molecule has 3 rings (SSSR count). The van der Waals surface area contributed by atoms with Gasteiger partial charge in [0.05, 0.1) is 0 Å². The Labute approximate surface area is 174 Å². The molecule has 3 saturated carbocycles. The van der Waals surface area contributed by atoms with Crippen LogP contribution >= 0.6 is 0 Å². The Morgan fingerprint density at radius 3 is 2.43 bits per heavy atom. The van der Waals surface area contributed by atoms with E-state index in [1.54, 1.807) is 0 Å². The van der Waals surface area contributed by atoms with E-state index in [9.17, 15) is 9.90 Å².